The maximum atomic E-state index is 2.69. The lowest BCUT2D eigenvalue weighted by Gasteiger charge is -2.65. The van der Waals surface area contributed by atoms with E-state index < -0.39 is 0 Å². The van der Waals surface area contributed by atoms with Crippen molar-refractivity contribution in [3.8, 4) is 0 Å². The van der Waals surface area contributed by atoms with Gasteiger partial charge < -0.3 is 0 Å². The molecular weight excluding hydrogens is 204 g/mol. The summed E-state index contributed by atoms with van der Waals surface area (Å²) in [6, 6.07) is 0. The largest absolute Gasteiger partial charge is 0.0617 e. The van der Waals surface area contributed by atoms with E-state index in [9.17, 15) is 0 Å². The summed E-state index contributed by atoms with van der Waals surface area (Å²) in [6.07, 6.45) is 4.78. The monoisotopic (exact) mass is 230 g/mol. The fourth-order valence-electron chi connectivity index (χ4n) is 9.32. The first-order chi connectivity index (χ1) is 7.84. The molecule has 0 nitrogen and oxygen atoms in total. The van der Waals surface area contributed by atoms with Crippen molar-refractivity contribution in [2.45, 2.75) is 53.9 Å². The third-order valence-electron chi connectivity index (χ3n) is 10.2. The van der Waals surface area contributed by atoms with Crippen LogP contribution < -0.4 is 0 Å². The van der Waals surface area contributed by atoms with E-state index in [1.807, 2.05) is 0 Å². The van der Waals surface area contributed by atoms with Crippen LogP contribution >= 0.6 is 0 Å². The van der Waals surface area contributed by atoms with Gasteiger partial charge in [-0.25, -0.2) is 0 Å². The zero-order valence-electron chi connectivity index (χ0n) is 12.0. The molecule has 0 saturated heterocycles. The molecule has 17 heavy (non-hydrogen) atoms. The second kappa shape index (κ2) is 2.04. The van der Waals surface area contributed by atoms with Gasteiger partial charge in [0, 0.05) is 0 Å². The van der Waals surface area contributed by atoms with E-state index in [-0.39, 0.29) is 0 Å². The molecule has 0 radical (unpaired) electrons. The molecule has 0 heterocycles. The van der Waals surface area contributed by atoms with Crippen molar-refractivity contribution in [2.24, 2.45) is 51.2 Å². The fourth-order valence-corrected chi connectivity index (χ4v) is 9.32. The summed E-state index contributed by atoms with van der Waals surface area (Å²) in [7, 11) is 0. The van der Waals surface area contributed by atoms with Crippen LogP contribution in [0.4, 0.5) is 0 Å². The summed E-state index contributed by atoms with van der Waals surface area (Å²) in [5, 5.41) is 0. The van der Waals surface area contributed by atoms with E-state index in [0.29, 0.717) is 16.2 Å². The van der Waals surface area contributed by atoms with Gasteiger partial charge >= 0.3 is 0 Å². The van der Waals surface area contributed by atoms with Gasteiger partial charge in [0.05, 0.1) is 0 Å². The van der Waals surface area contributed by atoms with Gasteiger partial charge in [0.15, 0.2) is 0 Å². The Labute approximate surface area is 106 Å². The Morgan fingerprint density at radius 1 is 0.941 bits per heavy atom. The van der Waals surface area contributed by atoms with Crippen LogP contribution in [0.1, 0.15) is 53.9 Å². The highest BCUT2D eigenvalue weighted by atomic mass is 15.0. The summed E-state index contributed by atoms with van der Waals surface area (Å²) in [5.41, 5.74) is 2.85. The summed E-state index contributed by atoms with van der Waals surface area (Å²) in [6.45, 7) is 13.3. The van der Waals surface area contributed by atoms with Gasteiger partial charge in [0.25, 0.3) is 0 Å². The Morgan fingerprint density at radius 3 is 2.35 bits per heavy atom. The number of fused-ring (bicyclic) bond motifs is 4. The second-order valence-electron chi connectivity index (χ2n) is 9.05. The first kappa shape index (κ1) is 9.87. The molecule has 0 aromatic rings. The average molecular weight is 230 g/mol. The molecule has 0 aromatic carbocycles. The van der Waals surface area contributed by atoms with Gasteiger partial charge in [-0.2, -0.15) is 0 Å². The molecule has 9 unspecified atom stereocenters. The molecule has 0 aromatic heterocycles. The van der Waals surface area contributed by atoms with Crippen molar-refractivity contribution in [3.05, 3.63) is 0 Å². The lowest BCUT2D eigenvalue weighted by atomic mass is 9.39. The lowest BCUT2D eigenvalue weighted by Crippen LogP contribution is -2.59. The molecule has 5 aliphatic rings. The van der Waals surface area contributed by atoms with Crippen molar-refractivity contribution in [1.82, 2.24) is 0 Å². The predicted molar refractivity (Wildman–Crippen MR) is 69.4 cm³/mol. The molecule has 0 heteroatoms. The highest BCUT2D eigenvalue weighted by Gasteiger charge is 2.93. The third-order valence-corrected chi connectivity index (χ3v) is 10.2. The van der Waals surface area contributed by atoms with Crippen LogP contribution in [0.5, 0.6) is 0 Å². The van der Waals surface area contributed by atoms with E-state index >= 15 is 0 Å². The van der Waals surface area contributed by atoms with E-state index in [2.05, 4.69) is 34.6 Å². The number of hydrogen-bond donors (Lipinski definition) is 0. The van der Waals surface area contributed by atoms with E-state index in [1.54, 1.807) is 19.3 Å². The van der Waals surface area contributed by atoms with Gasteiger partial charge in [-0.1, -0.05) is 34.6 Å². The van der Waals surface area contributed by atoms with Crippen molar-refractivity contribution >= 4 is 0 Å². The van der Waals surface area contributed by atoms with Crippen molar-refractivity contribution in [2.75, 3.05) is 0 Å². The van der Waals surface area contributed by atoms with Crippen LogP contribution in [0, 0.1) is 51.2 Å². The molecule has 5 rings (SSSR count). The molecule has 0 N–H and O–H groups in total. The lowest BCUT2D eigenvalue weighted by molar-refractivity contribution is -0.173. The number of rotatable bonds is 0. The first-order valence-corrected chi connectivity index (χ1v) is 7.84. The third kappa shape index (κ3) is 0.515. The minimum Gasteiger partial charge on any atom is -0.0617 e. The Hall–Kier alpha value is 0. The highest BCUT2D eigenvalue weighted by molar-refractivity contribution is 5.41. The molecule has 94 valence electrons. The predicted octanol–water partition coefficient (Wildman–Crippen LogP) is 4.35. The zero-order chi connectivity index (χ0) is 12.0. The molecule has 5 bridgehead atoms. The molecule has 5 aliphatic carbocycles. The molecule has 1 spiro atoms. The minimum atomic E-state index is 0.670. The van der Waals surface area contributed by atoms with Gasteiger partial charge in [-0.3, -0.25) is 0 Å². The highest BCUT2D eigenvalue weighted by Crippen LogP contribution is 2.99. The van der Waals surface area contributed by atoms with Crippen LogP contribution in [0.15, 0.2) is 0 Å². The van der Waals surface area contributed by atoms with Crippen LogP contribution in [-0.2, 0) is 0 Å². The smallest absolute Gasteiger partial charge is 0.0178 e. The topological polar surface area (TPSA) is 0 Å². The molecule has 5 fully saturated rings. The summed E-state index contributed by atoms with van der Waals surface area (Å²) in [4.78, 5) is 0. The zero-order valence-corrected chi connectivity index (χ0v) is 12.0. The Morgan fingerprint density at radius 2 is 1.65 bits per heavy atom. The summed E-state index contributed by atoms with van der Waals surface area (Å²) >= 11 is 0. The Kier molecular flexibility index (Phi) is 1.18. The Balaban J connectivity index is 1.91. The quantitative estimate of drug-likeness (QED) is 0.580. The SMILES string of the molecule is CC1C2CC3C45CC2C(C)C4(C)C(C)(C5)C13C. The van der Waals surface area contributed by atoms with Crippen molar-refractivity contribution < 1.29 is 0 Å². The number of hydrogen-bond acceptors (Lipinski definition) is 0. The summed E-state index contributed by atoms with van der Waals surface area (Å²) < 4.78 is 0. The molecular formula is C17H26. The standard InChI is InChI=1S/C17H26/c1-9-11-6-13-15(9,4)14(3)8-17(13)7-12(11)10(2)16(14,17)5/h9-13H,6-8H2,1-5H3. The van der Waals surface area contributed by atoms with E-state index in [0.717, 1.165) is 35.0 Å². The second-order valence-corrected chi connectivity index (χ2v) is 9.05. The van der Waals surface area contributed by atoms with Crippen LogP contribution in [-0.4, -0.2) is 0 Å². The van der Waals surface area contributed by atoms with E-state index in [1.165, 1.54) is 0 Å². The van der Waals surface area contributed by atoms with Gasteiger partial charge in [0.2, 0.25) is 0 Å². The first-order valence-electron chi connectivity index (χ1n) is 7.84. The Bertz CT molecular complexity index is 435. The average Bonchev–Trinajstić information content (AvgIpc) is 2.76. The molecule has 5 saturated carbocycles. The van der Waals surface area contributed by atoms with E-state index in [4.69, 9.17) is 0 Å². The molecule has 9 atom stereocenters. The van der Waals surface area contributed by atoms with Crippen molar-refractivity contribution in [1.29, 1.82) is 0 Å². The van der Waals surface area contributed by atoms with Crippen molar-refractivity contribution in [3.63, 3.8) is 0 Å². The van der Waals surface area contributed by atoms with Gasteiger partial charge in [-0.15, -0.1) is 0 Å². The van der Waals surface area contributed by atoms with Crippen LogP contribution in [0.3, 0.4) is 0 Å². The minimum absolute atomic E-state index is 0.670. The van der Waals surface area contributed by atoms with Crippen LogP contribution in [0.25, 0.3) is 0 Å². The molecule has 0 amide bonds. The maximum absolute atomic E-state index is 2.69. The normalized spacial score (nSPS) is 82.1. The molecule has 0 aliphatic heterocycles. The summed E-state index contributed by atoms with van der Waals surface area (Å²) in [5.74, 6) is 5.25. The van der Waals surface area contributed by atoms with Crippen LogP contribution in [0.2, 0.25) is 0 Å². The fraction of sp³-hybridized carbons (Fsp3) is 1.00. The van der Waals surface area contributed by atoms with Gasteiger partial charge in [-0.05, 0) is 70.5 Å². The maximum Gasteiger partial charge on any atom is -0.0178 e. The van der Waals surface area contributed by atoms with Gasteiger partial charge in [0.1, 0.15) is 0 Å².